The molecule has 1 aliphatic rings. The molecule has 2 rings (SSSR count). The molecule has 1 fully saturated rings. The van der Waals surface area contributed by atoms with Gasteiger partial charge in [0.1, 0.15) is 0 Å². The summed E-state index contributed by atoms with van der Waals surface area (Å²) in [5.41, 5.74) is 6.97. The predicted molar refractivity (Wildman–Crippen MR) is 82.4 cm³/mol. The average molecular weight is 274 g/mol. The highest BCUT2D eigenvalue weighted by atomic mass is 16.1. The van der Waals surface area contributed by atoms with E-state index in [4.69, 9.17) is 5.73 Å². The lowest BCUT2D eigenvalue weighted by Gasteiger charge is -2.29. The minimum Gasteiger partial charge on any atom is -0.356 e. The summed E-state index contributed by atoms with van der Waals surface area (Å²) >= 11 is 0. The number of hydrogen-bond donors (Lipinski definition) is 2. The third-order valence-electron chi connectivity index (χ3n) is 4.48. The van der Waals surface area contributed by atoms with Crippen molar-refractivity contribution in [2.75, 3.05) is 13.1 Å². The van der Waals surface area contributed by atoms with Gasteiger partial charge in [0.05, 0.1) is 0 Å². The van der Waals surface area contributed by atoms with Crippen molar-refractivity contribution in [1.29, 1.82) is 0 Å². The fraction of sp³-hybridized carbons (Fsp3) is 0.588. The second-order valence-electron chi connectivity index (χ2n) is 6.01. The maximum Gasteiger partial charge on any atom is 0.224 e. The van der Waals surface area contributed by atoms with Gasteiger partial charge in [-0.05, 0) is 43.1 Å². The maximum absolute atomic E-state index is 11.7. The van der Waals surface area contributed by atoms with Gasteiger partial charge >= 0.3 is 0 Å². The highest BCUT2D eigenvalue weighted by molar-refractivity contribution is 5.78. The zero-order valence-electron chi connectivity index (χ0n) is 12.3. The molecule has 0 saturated heterocycles. The fourth-order valence-corrected chi connectivity index (χ4v) is 2.95. The van der Waals surface area contributed by atoms with Crippen molar-refractivity contribution >= 4 is 5.91 Å². The van der Waals surface area contributed by atoms with Gasteiger partial charge in [-0.2, -0.15) is 0 Å². The molecule has 110 valence electrons. The van der Waals surface area contributed by atoms with E-state index < -0.39 is 0 Å². The van der Waals surface area contributed by atoms with E-state index in [9.17, 15) is 4.79 Å². The Bertz CT molecular complexity index is 410. The Labute approximate surface area is 121 Å². The first-order valence-corrected chi connectivity index (χ1v) is 7.73. The lowest BCUT2D eigenvalue weighted by Crippen LogP contribution is -2.37. The summed E-state index contributed by atoms with van der Waals surface area (Å²) in [4.78, 5) is 11.7. The van der Waals surface area contributed by atoms with Crippen LogP contribution in [-0.4, -0.2) is 19.0 Å². The summed E-state index contributed by atoms with van der Waals surface area (Å²) in [6.07, 6.45) is 4.88. The second kappa shape index (κ2) is 7.44. The topological polar surface area (TPSA) is 55.1 Å². The maximum atomic E-state index is 11.7. The SMILES string of the molecule is CC(CN)C(=O)NCC1CCC(c2ccccc2)CC1. The molecule has 1 aliphatic carbocycles. The van der Waals surface area contributed by atoms with Crippen LogP contribution in [0.5, 0.6) is 0 Å². The summed E-state index contributed by atoms with van der Waals surface area (Å²) in [5.74, 6) is 1.35. The third kappa shape index (κ3) is 4.07. The molecule has 1 unspecified atom stereocenters. The van der Waals surface area contributed by atoms with E-state index in [2.05, 4.69) is 35.6 Å². The van der Waals surface area contributed by atoms with Crippen LogP contribution in [0.15, 0.2) is 30.3 Å². The van der Waals surface area contributed by atoms with Crippen molar-refractivity contribution in [1.82, 2.24) is 5.32 Å². The van der Waals surface area contributed by atoms with E-state index in [1.807, 2.05) is 6.92 Å². The number of benzene rings is 1. The Kier molecular flexibility index (Phi) is 5.60. The Morgan fingerprint density at radius 3 is 2.50 bits per heavy atom. The van der Waals surface area contributed by atoms with Crippen LogP contribution >= 0.6 is 0 Å². The summed E-state index contributed by atoms with van der Waals surface area (Å²) in [5, 5.41) is 3.04. The second-order valence-corrected chi connectivity index (χ2v) is 6.01. The van der Waals surface area contributed by atoms with Gasteiger partial charge in [0.25, 0.3) is 0 Å². The van der Waals surface area contributed by atoms with Crippen molar-refractivity contribution in [2.24, 2.45) is 17.6 Å². The molecule has 1 saturated carbocycles. The molecule has 0 radical (unpaired) electrons. The van der Waals surface area contributed by atoms with E-state index in [0.29, 0.717) is 18.4 Å². The first-order valence-electron chi connectivity index (χ1n) is 7.73. The summed E-state index contributed by atoms with van der Waals surface area (Å²) in [7, 11) is 0. The highest BCUT2D eigenvalue weighted by Gasteiger charge is 2.23. The van der Waals surface area contributed by atoms with Gasteiger partial charge in [0.2, 0.25) is 5.91 Å². The van der Waals surface area contributed by atoms with Crippen LogP contribution < -0.4 is 11.1 Å². The lowest BCUT2D eigenvalue weighted by atomic mass is 9.78. The molecule has 20 heavy (non-hydrogen) atoms. The molecule has 0 heterocycles. The fourth-order valence-electron chi connectivity index (χ4n) is 2.95. The number of carbonyl (C=O) groups is 1. The van der Waals surface area contributed by atoms with Gasteiger partial charge in [-0.3, -0.25) is 4.79 Å². The first-order chi connectivity index (χ1) is 9.70. The molecule has 3 heteroatoms. The molecule has 1 amide bonds. The number of carbonyl (C=O) groups excluding carboxylic acids is 1. The molecule has 0 aliphatic heterocycles. The van der Waals surface area contributed by atoms with E-state index >= 15 is 0 Å². The van der Waals surface area contributed by atoms with Crippen LogP contribution in [0.1, 0.15) is 44.1 Å². The Morgan fingerprint density at radius 2 is 1.90 bits per heavy atom. The van der Waals surface area contributed by atoms with Crippen LogP contribution in [0, 0.1) is 11.8 Å². The van der Waals surface area contributed by atoms with Crippen LogP contribution in [0.4, 0.5) is 0 Å². The third-order valence-corrected chi connectivity index (χ3v) is 4.48. The molecule has 1 atom stereocenters. The number of amides is 1. The zero-order valence-corrected chi connectivity index (χ0v) is 12.3. The molecular weight excluding hydrogens is 248 g/mol. The molecule has 0 aromatic heterocycles. The predicted octanol–water partition coefficient (Wildman–Crippen LogP) is 2.67. The van der Waals surface area contributed by atoms with Gasteiger partial charge in [-0.25, -0.2) is 0 Å². The van der Waals surface area contributed by atoms with Crippen LogP contribution in [-0.2, 0) is 4.79 Å². The van der Waals surface area contributed by atoms with E-state index in [0.717, 1.165) is 6.54 Å². The number of nitrogens with two attached hydrogens (primary N) is 1. The first kappa shape index (κ1) is 15.0. The Balaban J connectivity index is 1.73. The molecule has 3 N–H and O–H groups in total. The smallest absolute Gasteiger partial charge is 0.224 e. The van der Waals surface area contributed by atoms with Gasteiger partial charge in [0, 0.05) is 19.0 Å². The van der Waals surface area contributed by atoms with Gasteiger partial charge in [-0.1, -0.05) is 37.3 Å². The average Bonchev–Trinajstić information content (AvgIpc) is 2.53. The van der Waals surface area contributed by atoms with Gasteiger partial charge < -0.3 is 11.1 Å². The number of nitrogens with one attached hydrogen (secondary N) is 1. The van der Waals surface area contributed by atoms with Crippen LogP contribution in [0.2, 0.25) is 0 Å². The normalized spacial score (nSPS) is 24.1. The molecule has 0 bridgehead atoms. The largest absolute Gasteiger partial charge is 0.356 e. The van der Waals surface area contributed by atoms with Crippen LogP contribution in [0.3, 0.4) is 0 Å². The number of hydrogen-bond acceptors (Lipinski definition) is 2. The minimum atomic E-state index is -0.0735. The highest BCUT2D eigenvalue weighted by Crippen LogP contribution is 2.35. The number of rotatable bonds is 5. The van der Waals surface area contributed by atoms with E-state index in [1.165, 1.54) is 31.2 Å². The van der Waals surface area contributed by atoms with Crippen molar-refractivity contribution in [2.45, 2.75) is 38.5 Å². The van der Waals surface area contributed by atoms with Crippen molar-refractivity contribution in [3.8, 4) is 0 Å². The Morgan fingerprint density at radius 1 is 1.25 bits per heavy atom. The minimum absolute atomic E-state index is 0.0735. The monoisotopic (exact) mass is 274 g/mol. The van der Waals surface area contributed by atoms with Gasteiger partial charge in [-0.15, -0.1) is 0 Å². The summed E-state index contributed by atoms with van der Waals surface area (Å²) in [6, 6.07) is 10.8. The summed E-state index contributed by atoms with van der Waals surface area (Å²) < 4.78 is 0. The van der Waals surface area contributed by atoms with E-state index in [-0.39, 0.29) is 11.8 Å². The molecule has 0 spiro atoms. The quantitative estimate of drug-likeness (QED) is 0.867. The standard InChI is InChI=1S/C17H26N2O/c1-13(11-18)17(20)19-12-14-7-9-16(10-8-14)15-5-3-2-4-6-15/h2-6,13-14,16H,7-12,18H2,1H3,(H,19,20). The molecule has 1 aromatic carbocycles. The molecular formula is C17H26N2O. The van der Waals surface area contributed by atoms with Crippen LogP contribution in [0.25, 0.3) is 0 Å². The zero-order chi connectivity index (χ0) is 14.4. The van der Waals surface area contributed by atoms with Crippen molar-refractivity contribution in [3.05, 3.63) is 35.9 Å². The Hall–Kier alpha value is -1.35. The van der Waals surface area contributed by atoms with Crippen molar-refractivity contribution < 1.29 is 4.79 Å². The molecule has 1 aromatic rings. The lowest BCUT2D eigenvalue weighted by molar-refractivity contribution is -0.124. The van der Waals surface area contributed by atoms with E-state index in [1.54, 1.807) is 0 Å². The summed E-state index contributed by atoms with van der Waals surface area (Å²) in [6.45, 7) is 3.11. The van der Waals surface area contributed by atoms with Crippen molar-refractivity contribution in [3.63, 3.8) is 0 Å². The molecule has 3 nitrogen and oxygen atoms in total. The van der Waals surface area contributed by atoms with Gasteiger partial charge in [0.15, 0.2) is 0 Å².